The first kappa shape index (κ1) is 31.3. The van der Waals surface area contributed by atoms with E-state index in [2.05, 4.69) is 55.1 Å². The summed E-state index contributed by atoms with van der Waals surface area (Å²) >= 11 is 3.76. The average molecular weight is 708 g/mol. The molecular weight excluding hydrogens is 668 g/mol. The number of benzene rings is 1. The van der Waals surface area contributed by atoms with Gasteiger partial charge in [0.1, 0.15) is 22.4 Å². The van der Waals surface area contributed by atoms with Crippen LogP contribution in [0.2, 0.25) is 0 Å². The van der Waals surface area contributed by atoms with Crippen LogP contribution < -0.4 is 5.56 Å². The highest BCUT2D eigenvalue weighted by molar-refractivity contribution is 9.11. The smallest absolute Gasteiger partial charge is 0.273 e. The fourth-order valence-electron chi connectivity index (χ4n) is 7.52. The quantitative estimate of drug-likeness (QED) is 0.284. The monoisotopic (exact) mass is 706 g/mol. The van der Waals surface area contributed by atoms with E-state index in [9.17, 15) is 4.79 Å². The third-order valence-corrected chi connectivity index (χ3v) is 13.2. The van der Waals surface area contributed by atoms with Gasteiger partial charge in [0.2, 0.25) is 10.0 Å². The number of hydrogen-bond donors (Lipinski definition) is 1. The summed E-state index contributed by atoms with van der Waals surface area (Å²) in [5.41, 5.74) is 1.95. The second kappa shape index (κ2) is 11.7. The molecule has 0 saturated carbocycles. The SMILES string of the molecule is CC1CCCN(CC2C=C(Br)C=C(c3cccc(C4(Cc5nncn5C)COC4)c3)[C@@]2(C)S(=O)(=O)n2ccc3cc[nH]c(=O)c32)C1. The van der Waals surface area contributed by atoms with Crippen LogP contribution in [-0.4, -0.2) is 74.6 Å². The van der Waals surface area contributed by atoms with E-state index in [0.29, 0.717) is 43.1 Å². The molecule has 0 spiro atoms. The van der Waals surface area contributed by atoms with E-state index in [1.54, 1.807) is 24.7 Å². The lowest BCUT2D eigenvalue weighted by atomic mass is 9.73. The second-order valence-electron chi connectivity index (χ2n) is 13.4. The summed E-state index contributed by atoms with van der Waals surface area (Å²) in [6.07, 6.45) is 11.6. The fourth-order valence-corrected chi connectivity index (χ4v) is 10.1. The van der Waals surface area contributed by atoms with Crippen molar-refractivity contribution in [2.45, 2.75) is 43.3 Å². The minimum atomic E-state index is -4.20. The molecule has 0 amide bonds. The zero-order chi connectivity index (χ0) is 32.3. The molecule has 3 atom stereocenters. The standard InChI is InChI=1S/C34H39BrN6O4S/c1-23-6-5-12-40(18-23)19-27-15-28(35)16-29(33(27,2)46(43,44)41-13-10-24-9-11-36-32(42)31(24)41)25-7-4-8-26(14-25)34(20-45-21-34)17-30-38-37-22-39(30)3/h4,7-11,13-16,22-23,27H,5-6,12,17-21H2,1-3H3,(H,36,42)/t23?,27?,33-/m0/s1. The minimum absolute atomic E-state index is 0.130. The molecular formula is C34H39BrN6O4S. The van der Waals surface area contributed by atoms with E-state index in [0.717, 1.165) is 40.9 Å². The van der Waals surface area contributed by atoms with Gasteiger partial charge in [0.25, 0.3) is 5.56 Å². The summed E-state index contributed by atoms with van der Waals surface area (Å²) in [4.78, 5) is 18.1. The number of halogens is 1. The first-order chi connectivity index (χ1) is 22.0. The number of aromatic amines is 1. The third kappa shape index (κ3) is 5.14. The normalized spacial score (nSPS) is 25.2. The number of pyridine rings is 1. The molecule has 46 heavy (non-hydrogen) atoms. The van der Waals surface area contributed by atoms with Crippen molar-refractivity contribution in [2.24, 2.45) is 18.9 Å². The molecule has 2 unspecified atom stereocenters. The molecule has 0 radical (unpaired) electrons. The number of rotatable bonds is 8. The number of fused-ring (bicyclic) bond motifs is 1. The molecule has 1 aromatic carbocycles. The maximum absolute atomic E-state index is 15.2. The summed E-state index contributed by atoms with van der Waals surface area (Å²) in [6.45, 7) is 7.58. The zero-order valence-corrected chi connectivity index (χ0v) is 28.7. The number of allylic oxidation sites excluding steroid dienone is 2. The Morgan fingerprint density at radius 1 is 1.20 bits per heavy atom. The van der Waals surface area contributed by atoms with Crippen molar-refractivity contribution in [3.8, 4) is 0 Å². The van der Waals surface area contributed by atoms with Crippen LogP contribution in [0.4, 0.5) is 0 Å². The Kier molecular flexibility index (Phi) is 7.98. The molecule has 3 aliphatic rings. The van der Waals surface area contributed by atoms with Gasteiger partial charge in [0.05, 0.1) is 13.2 Å². The molecule has 3 aromatic heterocycles. The van der Waals surface area contributed by atoms with Crippen molar-refractivity contribution in [2.75, 3.05) is 32.8 Å². The molecule has 1 aliphatic carbocycles. The molecule has 7 rings (SSSR count). The van der Waals surface area contributed by atoms with Crippen LogP contribution >= 0.6 is 15.9 Å². The molecule has 0 bridgehead atoms. The lowest BCUT2D eigenvalue weighted by Gasteiger charge is -2.44. The predicted octanol–water partition coefficient (Wildman–Crippen LogP) is 4.63. The topological polar surface area (TPSA) is 115 Å². The van der Waals surface area contributed by atoms with Crippen molar-refractivity contribution in [3.63, 3.8) is 0 Å². The zero-order valence-electron chi connectivity index (χ0n) is 26.3. The van der Waals surface area contributed by atoms with E-state index < -0.39 is 26.2 Å². The van der Waals surface area contributed by atoms with Gasteiger partial charge in [-0.15, -0.1) is 10.2 Å². The van der Waals surface area contributed by atoms with Crippen LogP contribution in [0.25, 0.3) is 16.5 Å². The summed E-state index contributed by atoms with van der Waals surface area (Å²) in [6, 6.07) is 11.6. The lowest BCUT2D eigenvalue weighted by Crippen LogP contribution is -2.52. The third-order valence-electron chi connectivity index (χ3n) is 10.3. The number of hydrogen-bond acceptors (Lipinski definition) is 7. The maximum atomic E-state index is 15.2. The van der Waals surface area contributed by atoms with Crippen LogP contribution in [0.5, 0.6) is 0 Å². The van der Waals surface area contributed by atoms with Gasteiger partial charge in [-0.1, -0.05) is 53.2 Å². The van der Waals surface area contributed by atoms with Crippen molar-refractivity contribution in [3.05, 3.63) is 99.1 Å². The van der Waals surface area contributed by atoms with Gasteiger partial charge >= 0.3 is 0 Å². The van der Waals surface area contributed by atoms with Crippen LogP contribution in [0.3, 0.4) is 0 Å². The van der Waals surface area contributed by atoms with Crippen LogP contribution in [0.1, 0.15) is 43.6 Å². The number of piperidine rings is 1. The summed E-state index contributed by atoms with van der Waals surface area (Å²) in [7, 11) is -2.26. The number of ether oxygens (including phenoxy) is 1. The molecule has 5 heterocycles. The van der Waals surface area contributed by atoms with E-state index in [1.807, 2.05) is 42.8 Å². The second-order valence-corrected chi connectivity index (χ2v) is 16.6. The first-order valence-electron chi connectivity index (χ1n) is 15.8. The van der Waals surface area contributed by atoms with Gasteiger partial charge in [-0.2, -0.15) is 0 Å². The Hall–Kier alpha value is -3.32. The van der Waals surface area contributed by atoms with E-state index >= 15 is 8.42 Å². The number of H-pyrrole nitrogens is 1. The molecule has 1 N–H and O–H groups in total. The number of likely N-dealkylation sites (tertiary alicyclic amines) is 1. The number of nitrogens with zero attached hydrogens (tertiary/aromatic N) is 5. The molecule has 2 fully saturated rings. The van der Waals surface area contributed by atoms with Gasteiger partial charge in [-0.05, 0) is 67.1 Å². The highest BCUT2D eigenvalue weighted by Gasteiger charge is 2.52. The highest BCUT2D eigenvalue weighted by atomic mass is 79.9. The molecule has 10 nitrogen and oxygen atoms in total. The van der Waals surface area contributed by atoms with Gasteiger partial charge in [0, 0.05) is 60.2 Å². The maximum Gasteiger partial charge on any atom is 0.273 e. The van der Waals surface area contributed by atoms with E-state index in [-0.39, 0.29) is 10.9 Å². The van der Waals surface area contributed by atoms with Crippen molar-refractivity contribution in [1.82, 2.24) is 28.6 Å². The van der Waals surface area contributed by atoms with E-state index in [4.69, 9.17) is 4.74 Å². The molecule has 4 aromatic rings. The Bertz CT molecular complexity index is 2020. The van der Waals surface area contributed by atoms with Crippen LogP contribution in [0, 0.1) is 11.8 Å². The highest BCUT2D eigenvalue weighted by Crippen LogP contribution is 2.48. The van der Waals surface area contributed by atoms with Gasteiger partial charge < -0.3 is 19.2 Å². The summed E-state index contributed by atoms with van der Waals surface area (Å²) < 4.78 is 38.7. The number of nitrogens with one attached hydrogen (secondary N) is 1. The van der Waals surface area contributed by atoms with Gasteiger partial charge in [-0.25, -0.2) is 12.4 Å². The predicted molar refractivity (Wildman–Crippen MR) is 182 cm³/mol. The average Bonchev–Trinajstić information content (AvgIpc) is 3.63. The summed E-state index contributed by atoms with van der Waals surface area (Å²) in [5, 5.41) is 8.98. The molecule has 2 saturated heterocycles. The largest absolute Gasteiger partial charge is 0.379 e. The molecule has 12 heteroatoms. The summed E-state index contributed by atoms with van der Waals surface area (Å²) in [5.74, 6) is 1.01. The number of aromatic nitrogens is 5. The van der Waals surface area contributed by atoms with Gasteiger partial charge in [-0.3, -0.25) is 4.79 Å². The first-order valence-corrected chi connectivity index (χ1v) is 18.0. The van der Waals surface area contributed by atoms with Crippen molar-refractivity contribution in [1.29, 1.82) is 0 Å². The van der Waals surface area contributed by atoms with Crippen molar-refractivity contribution >= 4 is 42.4 Å². The Labute approximate surface area is 277 Å². The minimum Gasteiger partial charge on any atom is -0.379 e. The Morgan fingerprint density at radius 2 is 2.02 bits per heavy atom. The van der Waals surface area contributed by atoms with Crippen LogP contribution in [-0.2, 0) is 33.6 Å². The van der Waals surface area contributed by atoms with Crippen LogP contribution in [0.15, 0.2) is 76.5 Å². The Morgan fingerprint density at radius 3 is 2.74 bits per heavy atom. The fraction of sp³-hybridized carbons (Fsp3) is 0.441. The van der Waals surface area contributed by atoms with Gasteiger partial charge in [0.15, 0.2) is 0 Å². The Balaban J connectivity index is 1.37. The molecule has 2 aliphatic heterocycles. The lowest BCUT2D eigenvalue weighted by molar-refractivity contribution is -0.0611. The van der Waals surface area contributed by atoms with Crippen molar-refractivity contribution < 1.29 is 13.2 Å². The van der Waals surface area contributed by atoms with E-state index in [1.165, 1.54) is 16.6 Å². The molecule has 242 valence electrons. The number of aryl methyl sites for hydroxylation is 1.